The third-order valence-electron chi connectivity index (χ3n) is 5.31. The first-order valence-electron chi connectivity index (χ1n) is 9.15. The highest BCUT2D eigenvalue weighted by atomic mass is 16.4. The molecule has 8 nitrogen and oxygen atoms in total. The Morgan fingerprint density at radius 3 is 2.25 bits per heavy atom. The van der Waals surface area contributed by atoms with Gasteiger partial charge in [0.15, 0.2) is 6.04 Å². The molecule has 0 amide bonds. The molecule has 1 aliphatic rings. The van der Waals surface area contributed by atoms with Gasteiger partial charge in [0, 0.05) is 26.3 Å². The first-order valence-corrected chi connectivity index (χ1v) is 9.15. The van der Waals surface area contributed by atoms with Crippen LogP contribution in [0.25, 0.3) is 11.0 Å². The van der Waals surface area contributed by atoms with E-state index in [2.05, 4.69) is 10.5 Å². The average molecular weight is 381 g/mol. The van der Waals surface area contributed by atoms with Gasteiger partial charge < -0.3 is 24.2 Å². The number of benzene rings is 2. The van der Waals surface area contributed by atoms with E-state index in [0.717, 1.165) is 28.0 Å². The SMILES string of the molecule is Cn1c(=NNc2ccc(N3CCC(O)C3C(=O)O)cc2)n(C)c2ccccc21. The lowest BCUT2D eigenvalue weighted by Crippen LogP contribution is -2.41. The monoisotopic (exact) mass is 381 g/mol. The molecule has 4 rings (SSSR count). The highest BCUT2D eigenvalue weighted by molar-refractivity contribution is 5.80. The summed E-state index contributed by atoms with van der Waals surface area (Å²) >= 11 is 0. The molecule has 0 spiro atoms. The lowest BCUT2D eigenvalue weighted by Gasteiger charge is -2.24. The fourth-order valence-electron chi connectivity index (χ4n) is 3.83. The zero-order valence-electron chi connectivity index (χ0n) is 15.8. The fourth-order valence-corrected chi connectivity index (χ4v) is 3.83. The maximum Gasteiger partial charge on any atom is 0.329 e. The Hall–Kier alpha value is -3.26. The van der Waals surface area contributed by atoms with Crippen molar-refractivity contribution < 1.29 is 15.0 Å². The van der Waals surface area contributed by atoms with Gasteiger partial charge in [0.1, 0.15) is 0 Å². The molecular weight excluding hydrogens is 358 g/mol. The predicted octanol–water partition coefficient (Wildman–Crippen LogP) is 1.47. The van der Waals surface area contributed by atoms with Gasteiger partial charge in [-0.25, -0.2) is 4.79 Å². The van der Waals surface area contributed by atoms with Crippen LogP contribution in [0.1, 0.15) is 6.42 Å². The number of hydrogen-bond donors (Lipinski definition) is 3. The van der Waals surface area contributed by atoms with Crippen LogP contribution in [0, 0.1) is 0 Å². The Balaban J connectivity index is 1.58. The second kappa shape index (κ2) is 7.05. The van der Waals surface area contributed by atoms with Crippen LogP contribution in [-0.4, -0.2) is 44.0 Å². The third kappa shape index (κ3) is 3.01. The minimum Gasteiger partial charge on any atom is -0.480 e. The topological polar surface area (TPSA) is 95.0 Å². The van der Waals surface area contributed by atoms with Crippen LogP contribution >= 0.6 is 0 Å². The number of carbonyl (C=O) groups is 1. The number of hydrogen-bond acceptors (Lipinski definition) is 5. The van der Waals surface area contributed by atoms with Crippen molar-refractivity contribution >= 4 is 28.4 Å². The van der Waals surface area contributed by atoms with Crippen molar-refractivity contribution in [1.82, 2.24) is 9.13 Å². The second-order valence-electron chi connectivity index (χ2n) is 7.01. The molecule has 2 aromatic carbocycles. The van der Waals surface area contributed by atoms with E-state index < -0.39 is 18.1 Å². The lowest BCUT2D eigenvalue weighted by molar-refractivity contribution is -0.140. The molecule has 3 aromatic rings. The molecule has 0 saturated carbocycles. The summed E-state index contributed by atoms with van der Waals surface area (Å²) < 4.78 is 4.03. The number of aliphatic hydroxyl groups excluding tert-OH is 1. The molecule has 28 heavy (non-hydrogen) atoms. The maximum atomic E-state index is 11.4. The highest BCUT2D eigenvalue weighted by Gasteiger charge is 2.38. The number of carboxylic acids is 1. The number of carboxylic acid groups (broad SMARTS) is 1. The van der Waals surface area contributed by atoms with E-state index >= 15 is 0 Å². The Labute approximate surface area is 161 Å². The maximum absolute atomic E-state index is 11.4. The molecule has 3 N–H and O–H groups in total. The van der Waals surface area contributed by atoms with Crippen LogP contribution in [0.4, 0.5) is 11.4 Å². The smallest absolute Gasteiger partial charge is 0.329 e. The van der Waals surface area contributed by atoms with Gasteiger partial charge in [-0.05, 0) is 42.8 Å². The number of aliphatic carboxylic acids is 1. The summed E-state index contributed by atoms with van der Waals surface area (Å²) in [6.07, 6.45) is -0.402. The number of rotatable bonds is 4. The van der Waals surface area contributed by atoms with Crippen LogP contribution in [-0.2, 0) is 18.9 Å². The van der Waals surface area contributed by atoms with E-state index in [0.29, 0.717) is 13.0 Å². The molecule has 1 aliphatic heterocycles. The zero-order chi connectivity index (χ0) is 19.8. The predicted molar refractivity (Wildman–Crippen MR) is 107 cm³/mol. The number of aryl methyl sites for hydroxylation is 2. The van der Waals surface area contributed by atoms with Gasteiger partial charge in [0.05, 0.1) is 22.8 Å². The highest BCUT2D eigenvalue weighted by Crippen LogP contribution is 2.27. The van der Waals surface area contributed by atoms with Crippen molar-refractivity contribution in [3.63, 3.8) is 0 Å². The summed E-state index contributed by atoms with van der Waals surface area (Å²) in [5.74, 6) is -1.01. The Bertz CT molecular complexity index is 1040. The van der Waals surface area contributed by atoms with Gasteiger partial charge in [-0.2, -0.15) is 0 Å². The Morgan fingerprint density at radius 1 is 1.07 bits per heavy atom. The van der Waals surface area contributed by atoms with E-state index in [9.17, 15) is 15.0 Å². The van der Waals surface area contributed by atoms with Gasteiger partial charge >= 0.3 is 5.97 Å². The van der Waals surface area contributed by atoms with Crippen molar-refractivity contribution in [2.24, 2.45) is 19.2 Å². The Morgan fingerprint density at radius 2 is 1.68 bits per heavy atom. The van der Waals surface area contributed by atoms with E-state index in [1.807, 2.05) is 71.8 Å². The quantitative estimate of drug-likeness (QED) is 0.595. The minimum absolute atomic E-state index is 0.448. The molecule has 1 aromatic heterocycles. The van der Waals surface area contributed by atoms with Crippen LogP contribution in [0.2, 0.25) is 0 Å². The number of para-hydroxylation sites is 2. The first-order chi connectivity index (χ1) is 13.5. The molecule has 1 saturated heterocycles. The van der Waals surface area contributed by atoms with E-state index in [4.69, 9.17) is 0 Å². The normalized spacial score (nSPS) is 19.2. The van der Waals surface area contributed by atoms with Gasteiger partial charge in [0.2, 0.25) is 5.62 Å². The zero-order valence-corrected chi connectivity index (χ0v) is 15.8. The molecule has 146 valence electrons. The minimum atomic E-state index is -1.01. The number of fused-ring (bicyclic) bond motifs is 1. The number of aliphatic hydroxyl groups is 1. The summed E-state index contributed by atoms with van der Waals surface area (Å²) in [4.78, 5) is 13.1. The van der Waals surface area contributed by atoms with Crippen molar-refractivity contribution in [3.8, 4) is 0 Å². The van der Waals surface area contributed by atoms with Crippen molar-refractivity contribution in [2.45, 2.75) is 18.6 Å². The number of nitrogens with one attached hydrogen (secondary N) is 1. The van der Waals surface area contributed by atoms with E-state index in [-0.39, 0.29) is 0 Å². The number of imidazole rings is 1. The molecule has 0 aliphatic carbocycles. The largest absolute Gasteiger partial charge is 0.480 e. The summed E-state index contributed by atoms with van der Waals surface area (Å²) in [6, 6.07) is 14.6. The molecule has 2 heterocycles. The van der Waals surface area contributed by atoms with Crippen LogP contribution < -0.4 is 15.9 Å². The van der Waals surface area contributed by atoms with Crippen LogP contribution in [0.5, 0.6) is 0 Å². The van der Waals surface area contributed by atoms with Crippen molar-refractivity contribution in [2.75, 3.05) is 16.9 Å². The summed E-state index contributed by atoms with van der Waals surface area (Å²) in [5, 5.41) is 23.8. The van der Waals surface area contributed by atoms with Gasteiger partial charge in [0.25, 0.3) is 0 Å². The average Bonchev–Trinajstić information content (AvgIpc) is 3.20. The molecule has 1 fully saturated rings. The fraction of sp³-hybridized carbons (Fsp3) is 0.300. The third-order valence-corrected chi connectivity index (χ3v) is 5.31. The molecule has 8 heteroatoms. The van der Waals surface area contributed by atoms with E-state index in [1.54, 1.807) is 4.90 Å². The van der Waals surface area contributed by atoms with Crippen molar-refractivity contribution in [3.05, 3.63) is 54.1 Å². The first kappa shape index (κ1) is 18.1. The second-order valence-corrected chi connectivity index (χ2v) is 7.01. The molecule has 2 atom stereocenters. The number of nitrogens with zero attached hydrogens (tertiary/aromatic N) is 4. The Kier molecular flexibility index (Phi) is 4.56. The van der Waals surface area contributed by atoms with Crippen LogP contribution in [0.3, 0.4) is 0 Å². The molecule has 2 unspecified atom stereocenters. The summed E-state index contributed by atoms with van der Waals surface area (Å²) in [6.45, 7) is 0.515. The van der Waals surface area contributed by atoms with Crippen molar-refractivity contribution in [1.29, 1.82) is 0 Å². The molecule has 0 bridgehead atoms. The lowest BCUT2D eigenvalue weighted by atomic mass is 10.1. The number of anilines is 2. The van der Waals surface area contributed by atoms with Gasteiger partial charge in [-0.15, -0.1) is 5.10 Å². The summed E-state index contributed by atoms with van der Waals surface area (Å²) in [7, 11) is 3.94. The van der Waals surface area contributed by atoms with Gasteiger partial charge in [-0.1, -0.05) is 12.1 Å². The summed E-state index contributed by atoms with van der Waals surface area (Å²) in [5.41, 5.74) is 7.58. The molecule has 0 radical (unpaired) electrons. The van der Waals surface area contributed by atoms with Crippen LogP contribution in [0.15, 0.2) is 53.6 Å². The molecular formula is C20H23N5O3. The van der Waals surface area contributed by atoms with Gasteiger partial charge in [-0.3, -0.25) is 5.43 Å². The number of aromatic nitrogens is 2. The van der Waals surface area contributed by atoms with E-state index in [1.165, 1.54) is 0 Å². The standard InChI is InChI=1S/C20H23N5O3/c1-23-15-5-3-4-6-16(15)24(2)20(23)22-21-13-7-9-14(10-8-13)25-12-11-17(26)18(25)19(27)28/h3-10,17-18,21,26H,11-12H2,1-2H3,(H,27,28).